The summed E-state index contributed by atoms with van der Waals surface area (Å²) in [6.45, 7) is 4.69. The lowest BCUT2D eigenvalue weighted by Gasteiger charge is -2.27. The van der Waals surface area contributed by atoms with Crippen molar-refractivity contribution in [3.05, 3.63) is 69.8 Å². The van der Waals surface area contributed by atoms with Gasteiger partial charge in [0.25, 0.3) is 5.69 Å². The molecule has 132 valence electrons. The van der Waals surface area contributed by atoms with Crippen LogP contribution in [-0.4, -0.2) is 43.2 Å². The van der Waals surface area contributed by atoms with Gasteiger partial charge >= 0.3 is 0 Å². The third kappa shape index (κ3) is 4.55. The molecule has 0 saturated carbocycles. The average Bonchev–Trinajstić information content (AvgIpc) is 2.63. The predicted molar refractivity (Wildman–Crippen MR) is 97.7 cm³/mol. The second-order valence-corrected chi connectivity index (χ2v) is 6.31. The maximum absolute atomic E-state index is 11.4. The monoisotopic (exact) mass is 341 g/mol. The molecule has 0 unspecified atom stereocenters. The number of nitro benzene ring substituents is 1. The molecule has 2 aromatic rings. The summed E-state index contributed by atoms with van der Waals surface area (Å²) in [7, 11) is 1.90. The lowest BCUT2D eigenvalue weighted by Crippen LogP contribution is -2.35. The zero-order valence-corrected chi connectivity index (χ0v) is 14.4. The summed E-state index contributed by atoms with van der Waals surface area (Å²) >= 11 is 0. The van der Waals surface area contributed by atoms with Gasteiger partial charge in [-0.2, -0.15) is 0 Å². The SMILES string of the molecule is CN(Cc1ccccc1)c1cc(CN2CCOCC2)ccc1[N+](=O)[O-]. The van der Waals surface area contributed by atoms with Crippen molar-refractivity contribution in [2.75, 3.05) is 38.3 Å². The number of nitro groups is 1. The lowest BCUT2D eigenvalue weighted by molar-refractivity contribution is -0.384. The summed E-state index contributed by atoms with van der Waals surface area (Å²) in [4.78, 5) is 15.4. The maximum atomic E-state index is 11.4. The molecule has 0 spiro atoms. The van der Waals surface area contributed by atoms with E-state index >= 15 is 0 Å². The highest BCUT2D eigenvalue weighted by atomic mass is 16.6. The molecular weight excluding hydrogens is 318 g/mol. The molecule has 0 aromatic heterocycles. The number of hydrogen-bond acceptors (Lipinski definition) is 5. The van der Waals surface area contributed by atoms with Gasteiger partial charge < -0.3 is 9.64 Å². The molecular formula is C19H23N3O3. The van der Waals surface area contributed by atoms with Crippen LogP contribution in [0.4, 0.5) is 11.4 Å². The van der Waals surface area contributed by atoms with E-state index in [1.807, 2.05) is 54.4 Å². The molecule has 0 amide bonds. The Morgan fingerprint density at radius 2 is 1.84 bits per heavy atom. The van der Waals surface area contributed by atoms with Crippen molar-refractivity contribution in [2.45, 2.75) is 13.1 Å². The highest BCUT2D eigenvalue weighted by molar-refractivity contribution is 5.64. The van der Waals surface area contributed by atoms with E-state index in [-0.39, 0.29) is 10.6 Å². The standard InChI is InChI=1S/C19H23N3O3/c1-20(14-16-5-3-2-4-6-16)19-13-17(7-8-18(19)22(23)24)15-21-9-11-25-12-10-21/h2-8,13H,9-12,14-15H2,1H3. The van der Waals surface area contributed by atoms with E-state index in [0.717, 1.165) is 44.0 Å². The number of anilines is 1. The molecule has 0 bridgehead atoms. The number of nitrogens with zero attached hydrogens (tertiary/aromatic N) is 3. The zero-order valence-electron chi connectivity index (χ0n) is 14.4. The van der Waals surface area contributed by atoms with Crippen LogP contribution in [0.2, 0.25) is 0 Å². The summed E-state index contributed by atoms with van der Waals surface area (Å²) in [5.41, 5.74) is 3.00. The van der Waals surface area contributed by atoms with Gasteiger partial charge in [-0.15, -0.1) is 0 Å². The van der Waals surface area contributed by atoms with Crippen LogP contribution in [0.5, 0.6) is 0 Å². The van der Waals surface area contributed by atoms with Gasteiger partial charge in [-0.1, -0.05) is 36.4 Å². The fraction of sp³-hybridized carbons (Fsp3) is 0.368. The summed E-state index contributed by atoms with van der Waals surface area (Å²) < 4.78 is 5.38. The molecule has 0 N–H and O–H groups in total. The zero-order chi connectivity index (χ0) is 17.6. The largest absolute Gasteiger partial charge is 0.379 e. The minimum absolute atomic E-state index is 0.143. The summed E-state index contributed by atoms with van der Waals surface area (Å²) in [5.74, 6) is 0. The molecule has 3 rings (SSSR count). The van der Waals surface area contributed by atoms with Crippen LogP contribution in [-0.2, 0) is 17.8 Å². The fourth-order valence-corrected chi connectivity index (χ4v) is 3.09. The summed E-state index contributed by atoms with van der Waals surface area (Å²) in [6, 6.07) is 15.4. The second kappa shape index (κ2) is 8.09. The second-order valence-electron chi connectivity index (χ2n) is 6.31. The van der Waals surface area contributed by atoms with Gasteiger partial charge in [0.2, 0.25) is 0 Å². The molecule has 25 heavy (non-hydrogen) atoms. The van der Waals surface area contributed by atoms with Crippen molar-refractivity contribution in [2.24, 2.45) is 0 Å². The van der Waals surface area contributed by atoms with Crippen molar-refractivity contribution >= 4 is 11.4 Å². The first-order valence-electron chi connectivity index (χ1n) is 8.46. The minimum atomic E-state index is -0.310. The first kappa shape index (κ1) is 17.4. The number of ether oxygens (including phenoxy) is 1. The molecule has 6 nitrogen and oxygen atoms in total. The Morgan fingerprint density at radius 1 is 1.12 bits per heavy atom. The molecule has 2 aromatic carbocycles. The molecule has 0 radical (unpaired) electrons. The van der Waals surface area contributed by atoms with E-state index in [1.165, 1.54) is 0 Å². The quantitative estimate of drug-likeness (QED) is 0.597. The van der Waals surface area contributed by atoms with Crippen LogP contribution in [0.25, 0.3) is 0 Å². The fourth-order valence-electron chi connectivity index (χ4n) is 3.09. The molecule has 0 aliphatic carbocycles. The first-order valence-corrected chi connectivity index (χ1v) is 8.46. The number of benzene rings is 2. The molecule has 1 saturated heterocycles. The predicted octanol–water partition coefficient (Wildman–Crippen LogP) is 3.06. The van der Waals surface area contributed by atoms with Crippen LogP contribution in [0.3, 0.4) is 0 Å². The van der Waals surface area contributed by atoms with Gasteiger partial charge in [-0.25, -0.2) is 0 Å². The van der Waals surface area contributed by atoms with Crippen molar-refractivity contribution in [3.8, 4) is 0 Å². The normalized spacial score (nSPS) is 15.1. The van der Waals surface area contributed by atoms with Gasteiger partial charge in [0.05, 0.1) is 18.1 Å². The van der Waals surface area contributed by atoms with E-state index in [1.54, 1.807) is 6.07 Å². The summed E-state index contributed by atoms with van der Waals surface area (Å²) in [6.07, 6.45) is 0. The lowest BCUT2D eigenvalue weighted by atomic mass is 10.1. The van der Waals surface area contributed by atoms with Gasteiger partial charge in [-0.05, 0) is 17.2 Å². The van der Waals surface area contributed by atoms with E-state index in [0.29, 0.717) is 12.2 Å². The van der Waals surface area contributed by atoms with Crippen LogP contribution in [0.1, 0.15) is 11.1 Å². The molecule has 1 aliphatic heterocycles. The van der Waals surface area contributed by atoms with E-state index in [9.17, 15) is 10.1 Å². The van der Waals surface area contributed by atoms with Crippen molar-refractivity contribution in [1.82, 2.24) is 4.90 Å². The van der Waals surface area contributed by atoms with Crippen LogP contribution in [0.15, 0.2) is 48.5 Å². The van der Waals surface area contributed by atoms with E-state index < -0.39 is 0 Å². The molecule has 1 fully saturated rings. The van der Waals surface area contributed by atoms with Gasteiger partial charge in [0, 0.05) is 39.3 Å². The minimum Gasteiger partial charge on any atom is -0.379 e. The number of morpholine rings is 1. The van der Waals surface area contributed by atoms with Gasteiger partial charge in [-0.3, -0.25) is 15.0 Å². The van der Waals surface area contributed by atoms with Gasteiger partial charge in [0.1, 0.15) is 5.69 Å². The van der Waals surface area contributed by atoms with Crippen molar-refractivity contribution < 1.29 is 9.66 Å². The van der Waals surface area contributed by atoms with Crippen molar-refractivity contribution in [3.63, 3.8) is 0 Å². The first-order chi connectivity index (χ1) is 12.1. The maximum Gasteiger partial charge on any atom is 0.292 e. The highest BCUT2D eigenvalue weighted by Crippen LogP contribution is 2.30. The molecule has 1 heterocycles. The Hall–Kier alpha value is -2.44. The Bertz CT molecular complexity index is 715. The number of rotatable bonds is 6. The third-order valence-corrected chi connectivity index (χ3v) is 4.42. The molecule has 6 heteroatoms. The Morgan fingerprint density at radius 3 is 2.52 bits per heavy atom. The van der Waals surface area contributed by atoms with Crippen LogP contribution in [0, 0.1) is 10.1 Å². The number of hydrogen-bond donors (Lipinski definition) is 0. The Balaban J connectivity index is 1.81. The van der Waals surface area contributed by atoms with Crippen LogP contribution >= 0.6 is 0 Å². The van der Waals surface area contributed by atoms with Gasteiger partial charge in [0.15, 0.2) is 0 Å². The van der Waals surface area contributed by atoms with Crippen molar-refractivity contribution in [1.29, 1.82) is 0 Å². The molecule has 1 aliphatic rings. The average molecular weight is 341 g/mol. The Labute approximate surface area is 147 Å². The third-order valence-electron chi connectivity index (χ3n) is 4.42. The Kier molecular flexibility index (Phi) is 5.63. The summed E-state index contributed by atoms with van der Waals surface area (Å²) in [5, 5.41) is 11.4. The van der Waals surface area contributed by atoms with E-state index in [4.69, 9.17) is 4.74 Å². The smallest absolute Gasteiger partial charge is 0.292 e. The topological polar surface area (TPSA) is 58.8 Å². The highest BCUT2D eigenvalue weighted by Gasteiger charge is 2.19. The van der Waals surface area contributed by atoms with Crippen LogP contribution < -0.4 is 4.90 Å². The molecule has 0 atom stereocenters. The van der Waals surface area contributed by atoms with E-state index in [2.05, 4.69) is 4.90 Å².